The zero-order chi connectivity index (χ0) is 9.23. The zero-order valence-electron chi connectivity index (χ0n) is 7.74. The second-order valence-electron chi connectivity index (χ2n) is 2.71. The second-order valence-corrected chi connectivity index (χ2v) is 2.71. The lowest BCUT2D eigenvalue weighted by Gasteiger charge is -2.02. The van der Waals surface area contributed by atoms with Gasteiger partial charge in [0.05, 0.1) is 6.10 Å². The van der Waals surface area contributed by atoms with Gasteiger partial charge in [-0.15, -0.1) is 0 Å². The highest BCUT2D eigenvalue weighted by molar-refractivity contribution is 4.88. The summed E-state index contributed by atoms with van der Waals surface area (Å²) in [5.41, 5.74) is 0. The van der Waals surface area contributed by atoms with Crippen molar-refractivity contribution in [1.29, 1.82) is 0 Å². The van der Waals surface area contributed by atoms with Gasteiger partial charge in [-0.1, -0.05) is 31.2 Å². The SMILES string of the molecule is [CH]CC=CCC(O)CC=CCC. The molecule has 68 valence electrons. The van der Waals surface area contributed by atoms with Gasteiger partial charge in [0.15, 0.2) is 0 Å². The lowest BCUT2D eigenvalue weighted by Crippen LogP contribution is -2.02. The van der Waals surface area contributed by atoms with E-state index < -0.39 is 0 Å². The molecule has 0 heterocycles. The molecule has 0 aliphatic carbocycles. The van der Waals surface area contributed by atoms with E-state index in [1.54, 1.807) is 0 Å². The highest BCUT2D eigenvalue weighted by Gasteiger charge is 1.96. The first-order valence-electron chi connectivity index (χ1n) is 4.49. The number of aliphatic hydroxyl groups is 1. The maximum absolute atomic E-state index is 9.36. The number of hydrogen-bond acceptors (Lipinski definition) is 1. The monoisotopic (exact) mass is 166 g/mol. The van der Waals surface area contributed by atoms with Gasteiger partial charge < -0.3 is 5.11 Å². The first-order valence-corrected chi connectivity index (χ1v) is 4.49. The lowest BCUT2D eigenvalue weighted by molar-refractivity contribution is 0.181. The quantitative estimate of drug-likeness (QED) is 0.601. The Morgan fingerprint density at radius 2 is 1.75 bits per heavy atom. The molecule has 0 aliphatic rings. The molecule has 0 aliphatic heterocycles. The third kappa shape index (κ3) is 7.55. The van der Waals surface area contributed by atoms with Crippen LogP contribution < -0.4 is 0 Å². The predicted molar refractivity (Wildman–Crippen MR) is 52.7 cm³/mol. The van der Waals surface area contributed by atoms with Gasteiger partial charge in [0, 0.05) is 0 Å². The summed E-state index contributed by atoms with van der Waals surface area (Å²) in [6.07, 6.45) is 10.6. The highest BCUT2D eigenvalue weighted by atomic mass is 16.3. The Morgan fingerprint density at radius 1 is 1.17 bits per heavy atom. The summed E-state index contributed by atoms with van der Waals surface area (Å²) in [6.45, 7) is 7.33. The molecular formula is C11H18O. The van der Waals surface area contributed by atoms with Crippen LogP contribution in [0.3, 0.4) is 0 Å². The molecule has 1 N–H and O–H groups in total. The summed E-state index contributed by atoms with van der Waals surface area (Å²) in [5.74, 6) is 0. The molecule has 1 unspecified atom stereocenters. The van der Waals surface area contributed by atoms with Crippen LogP contribution in [0.15, 0.2) is 24.3 Å². The smallest absolute Gasteiger partial charge is 0.0609 e. The van der Waals surface area contributed by atoms with Gasteiger partial charge in [-0.05, 0) is 32.6 Å². The van der Waals surface area contributed by atoms with Crippen molar-refractivity contribution < 1.29 is 5.11 Å². The van der Waals surface area contributed by atoms with Crippen molar-refractivity contribution in [1.82, 2.24) is 0 Å². The molecule has 0 bridgehead atoms. The van der Waals surface area contributed by atoms with Crippen LogP contribution in [0.25, 0.3) is 0 Å². The number of hydrogen-bond donors (Lipinski definition) is 1. The van der Waals surface area contributed by atoms with E-state index in [-0.39, 0.29) is 6.10 Å². The molecular weight excluding hydrogens is 148 g/mol. The van der Waals surface area contributed by atoms with E-state index >= 15 is 0 Å². The maximum atomic E-state index is 9.36. The van der Waals surface area contributed by atoms with Crippen molar-refractivity contribution in [2.45, 2.75) is 38.7 Å². The largest absolute Gasteiger partial charge is 0.392 e. The summed E-state index contributed by atoms with van der Waals surface area (Å²) < 4.78 is 0. The number of allylic oxidation sites excluding steroid dienone is 2. The van der Waals surface area contributed by atoms with Crippen LogP contribution in [0.5, 0.6) is 0 Å². The fourth-order valence-corrected chi connectivity index (χ4v) is 0.866. The summed E-state index contributed by atoms with van der Waals surface area (Å²) >= 11 is 0. The second kappa shape index (κ2) is 8.54. The van der Waals surface area contributed by atoms with Gasteiger partial charge in [-0.3, -0.25) is 0 Å². The average Bonchev–Trinajstić information content (AvgIpc) is 2.06. The third-order valence-electron chi connectivity index (χ3n) is 1.52. The molecule has 0 saturated carbocycles. The van der Waals surface area contributed by atoms with Crippen molar-refractivity contribution in [2.75, 3.05) is 0 Å². The van der Waals surface area contributed by atoms with Gasteiger partial charge >= 0.3 is 0 Å². The number of aliphatic hydroxyl groups excluding tert-OH is 1. The Hall–Kier alpha value is -0.560. The third-order valence-corrected chi connectivity index (χ3v) is 1.52. The van der Waals surface area contributed by atoms with Gasteiger partial charge in [-0.2, -0.15) is 0 Å². The van der Waals surface area contributed by atoms with Gasteiger partial charge in [0.25, 0.3) is 0 Å². The van der Waals surface area contributed by atoms with E-state index in [0.29, 0.717) is 12.8 Å². The summed E-state index contributed by atoms with van der Waals surface area (Å²) in [5, 5.41) is 9.36. The Balaban J connectivity index is 3.39. The maximum Gasteiger partial charge on any atom is 0.0609 e. The number of rotatable bonds is 6. The van der Waals surface area contributed by atoms with Crippen molar-refractivity contribution in [3.63, 3.8) is 0 Å². The van der Waals surface area contributed by atoms with Gasteiger partial charge in [0.2, 0.25) is 0 Å². The molecule has 1 nitrogen and oxygen atoms in total. The topological polar surface area (TPSA) is 20.2 Å². The van der Waals surface area contributed by atoms with Crippen molar-refractivity contribution >= 4 is 0 Å². The Morgan fingerprint density at radius 3 is 2.25 bits per heavy atom. The van der Waals surface area contributed by atoms with E-state index in [1.807, 2.05) is 18.2 Å². The molecule has 0 rings (SSSR count). The zero-order valence-corrected chi connectivity index (χ0v) is 7.74. The first-order chi connectivity index (χ1) is 5.81. The summed E-state index contributed by atoms with van der Waals surface area (Å²) in [7, 11) is 0. The molecule has 2 radical (unpaired) electrons. The first kappa shape index (κ1) is 11.4. The summed E-state index contributed by atoms with van der Waals surface area (Å²) in [6, 6.07) is 0. The van der Waals surface area contributed by atoms with Crippen LogP contribution in [0, 0.1) is 6.92 Å². The van der Waals surface area contributed by atoms with Crippen LogP contribution in [0.1, 0.15) is 32.6 Å². The van der Waals surface area contributed by atoms with Crippen LogP contribution >= 0.6 is 0 Å². The molecule has 1 heteroatoms. The Bertz CT molecular complexity index is 120. The van der Waals surface area contributed by atoms with Crippen LogP contribution in [0.4, 0.5) is 0 Å². The summed E-state index contributed by atoms with van der Waals surface area (Å²) in [4.78, 5) is 0. The highest BCUT2D eigenvalue weighted by Crippen LogP contribution is 2.01. The molecule has 12 heavy (non-hydrogen) atoms. The fraction of sp³-hybridized carbons (Fsp3) is 0.545. The van der Waals surface area contributed by atoms with E-state index in [0.717, 1.165) is 12.8 Å². The van der Waals surface area contributed by atoms with E-state index in [2.05, 4.69) is 13.0 Å². The average molecular weight is 166 g/mol. The van der Waals surface area contributed by atoms with Gasteiger partial charge in [-0.25, -0.2) is 0 Å². The van der Waals surface area contributed by atoms with E-state index in [1.165, 1.54) is 0 Å². The van der Waals surface area contributed by atoms with Crippen molar-refractivity contribution in [2.24, 2.45) is 0 Å². The minimum atomic E-state index is -0.254. The predicted octanol–water partition coefficient (Wildman–Crippen LogP) is 2.75. The molecule has 0 aromatic rings. The molecule has 0 fully saturated rings. The lowest BCUT2D eigenvalue weighted by atomic mass is 10.1. The molecule has 1 atom stereocenters. The molecule has 0 spiro atoms. The normalized spacial score (nSPS) is 14.6. The molecule has 0 amide bonds. The van der Waals surface area contributed by atoms with Crippen molar-refractivity contribution in [3.8, 4) is 0 Å². The van der Waals surface area contributed by atoms with Crippen LogP contribution in [-0.2, 0) is 0 Å². The van der Waals surface area contributed by atoms with E-state index in [4.69, 9.17) is 6.92 Å². The molecule has 0 aromatic carbocycles. The molecule has 0 aromatic heterocycles. The Kier molecular flexibility index (Phi) is 8.14. The van der Waals surface area contributed by atoms with Gasteiger partial charge in [0.1, 0.15) is 0 Å². The fourth-order valence-electron chi connectivity index (χ4n) is 0.866. The standard InChI is InChI=1S/C11H18O/c1-3-5-7-9-11(12)10-8-6-4-2/h1,5-8,11-12H,3-4,9-10H2,2H3. The van der Waals surface area contributed by atoms with E-state index in [9.17, 15) is 5.11 Å². The van der Waals surface area contributed by atoms with Crippen molar-refractivity contribution in [3.05, 3.63) is 31.2 Å². The van der Waals surface area contributed by atoms with Crippen LogP contribution in [0.2, 0.25) is 0 Å². The van der Waals surface area contributed by atoms with Crippen LogP contribution in [-0.4, -0.2) is 11.2 Å². The molecule has 0 saturated heterocycles. The Labute approximate surface area is 75.8 Å². The minimum Gasteiger partial charge on any atom is -0.392 e. The minimum absolute atomic E-state index is 0.254.